The lowest BCUT2D eigenvalue weighted by molar-refractivity contribution is 0.141. The number of aliphatic hydroxyl groups is 1. The van der Waals surface area contributed by atoms with Crippen LogP contribution in [-0.2, 0) is 0 Å². The molecule has 0 saturated carbocycles. The molecule has 1 N–H and O–H groups in total. The Hall–Kier alpha value is -3.83. The zero-order valence-electron chi connectivity index (χ0n) is 24.0. The molecule has 228 valence electrons. The second-order valence-electron chi connectivity index (χ2n) is 10.5. The van der Waals surface area contributed by atoms with Crippen molar-refractivity contribution < 1.29 is 9.84 Å². The fraction of sp³-hybridized carbons (Fsp3) is 0.176. The van der Waals surface area contributed by atoms with E-state index in [-0.39, 0.29) is 12.2 Å². The summed E-state index contributed by atoms with van der Waals surface area (Å²) in [6, 6.07) is 28.1. The number of benzene rings is 2. The number of β-amino-alcohol motifs (C(OH)–C–C–N with tert-alkyl or cyclic N) is 1. The van der Waals surface area contributed by atoms with Crippen LogP contribution in [0.25, 0.3) is 21.8 Å². The Kier molecular flexibility index (Phi) is 10.0. The smallest absolute Gasteiger partial charge is 0.137 e. The van der Waals surface area contributed by atoms with E-state index in [4.69, 9.17) is 21.3 Å². The molecule has 2 aromatic carbocycles. The van der Waals surface area contributed by atoms with Gasteiger partial charge in [-0.3, -0.25) is 9.97 Å². The topological polar surface area (TPSA) is 87.5 Å². The Morgan fingerprint density at radius 3 is 1.71 bits per heavy atom. The molecular formula is C34H29Br2ClN6O2. The van der Waals surface area contributed by atoms with Crippen molar-refractivity contribution in [3.63, 3.8) is 0 Å². The summed E-state index contributed by atoms with van der Waals surface area (Å²) in [7, 11) is 0. The summed E-state index contributed by atoms with van der Waals surface area (Å²) < 4.78 is 7.69. The summed E-state index contributed by atoms with van der Waals surface area (Å²) in [6.45, 7) is 3.09. The fourth-order valence-corrected chi connectivity index (χ4v) is 5.50. The molecule has 2 aliphatic heterocycles. The molecule has 6 heterocycles. The molecule has 6 aromatic rings. The van der Waals surface area contributed by atoms with Crippen LogP contribution in [0.4, 0.5) is 11.6 Å². The maximum Gasteiger partial charge on any atom is 0.137 e. The van der Waals surface area contributed by atoms with E-state index in [0.717, 1.165) is 55.8 Å². The van der Waals surface area contributed by atoms with E-state index in [1.54, 1.807) is 30.9 Å². The number of aromatic nitrogens is 4. The summed E-state index contributed by atoms with van der Waals surface area (Å²) in [5.41, 5.74) is 2.04. The van der Waals surface area contributed by atoms with Crippen molar-refractivity contribution in [2.24, 2.45) is 0 Å². The number of ether oxygens (including phenoxy) is 1. The van der Waals surface area contributed by atoms with Crippen molar-refractivity contribution in [3.05, 3.63) is 124 Å². The van der Waals surface area contributed by atoms with Gasteiger partial charge < -0.3 is 19.6 Å². The van der Waals surface area contributed by atoms with Gasteiger partial charge >= 0.3 is 0 Å². The first-order chi connectivity index (χ1) is 21.9. The standard InChI is InChI=1S/C17H14BrN3O.C12H12N2O.C5H3BrClN/c18-14-9-19-8-7-16(14)22-13-10-21(11-13)17-6-5-12-3-1-2-4-15(12)20-17;15-10-7-14(8-10)12-6-5-9-3-1-2-4-11(9)13-12;6-4-3-8-2-1-5(4)7/h1-9,13H,10-11H2;1-6,10,15H,7-8H2;1-3H. The average Bonchev–Trinajstić information content (AvgIpc) is 3.03. The zero-order valence-corrected chi connectivity index (χ0v) is 28.0. The van der Waals surface area contributed by atoms with Crippen molar-refractivity contribution in [1.29, 1.82) is 0 Å². The van der Waals surface area contributed by atoms with Gasteiger partial charge in [-0.1, -0.05) is 48.0 Å². The highest BCUT2D eigenvalue weighted by Crippen LogP contribution is 2.28. The Morgan fingerprint density at radius 2 is 1.20 bits per heavy atom. The van der Waals surface area contributed by atoms with E-state index >= 15 is 0 Å². The van der Waals surface area contributed by atoms with Crippen LogP contribution in [0.1, 0.15) is 0 Å². The number of fused-ring (bicyclic) bond motifs is 2. The van der Waals surface area contributed by atoms with Crippen molar-refractivity contribution in [2.45, 2.75) is 12.2 Å². The highest BCUT2D eigenvalue weighted by molar-refractivity contribution is 9.10. The first-order valence-corrected chi connectivity index (χ1v) is 16.3. The average molecular weight is 749 g/mol. The molecular weight excluding hydrogens is 720 g/mol. The van der Waals surface area contributed by atoms with Crippen molar-refractivity contribution >= 4 is 76.9 Å². The van der Waals surface area contributed by atoms with Crippen LogP contribution in [0.5, 0.6) is 5.75 Å². The van der Waals surface area contributed by atoms with Gasteiger partial charge in [0.2, 0.25) is 0 Å². The van der Waals surface area contributed by atoms with Gasteiger partial charge in [-0.2, -0.15) is 0 Å². The van der Waals surface area contributed by atoms with Gasteiger partial charge in [0.15, 0.2) is 0 Å². The molecule has 0 radical (unpaired) electrons. The van der Waals surface area contributed by atoms with Crippen molar-refractivity contribution in [1.82, 2.24) is 19.9 Å². The summed E-state index contributed by atoms with van der Waals surface area (Å²) in [6.07, 6.45) is 6.79. The lowest BCUT2D eigenvalue weighted by atomic mass is 10.1. The van der Waals surface area contributed by atoms with Gasteiger partial charge in [0.1, 0.15) is 23.5 Å². The second kappa shape index (κ2) is 14.5. The third kappa shape index (κ3) is 7.88. The Bertz CT molecular complexity index is 1880. The van der Waals surface area contributed by atoms with E-state index in [2.05, 4.69) is 86.9 Å². The molecule has 0 amide bonds. The lowest BCUT2D eigenvalue weighted by Crippen LogP contribution is -2.54. The van der Waals surface area contributed by atoms with Crippen LogP contribution in [0.3, 0.4) is 0 Å². The number of anilines is 2. The van der Waals surface area contributed by atoms with Gasteiger partial charge in [0, 0.05) is 48.6 Å². The molecule has 0 aliphatic carbocycles. The number of hydrogen-bond donors (Lipinski definition) is 1. The largest absolute Gasteiger partial charge is 0.485 e. The second-order valence-corrected chi connectivity index (χ2v) is 12.6. The lowest BCUT2D eigenvalue weighted by Gasteiger charge is -2.40. The maximum absolute atomic E-state index is 9.22. The predicted molar refractivity (Wildman–Crippen MR) is 187 cm³/mol. The number of pyridine rings is 4. The summed E-state index contributed by atoms with van der Waals surface area (Å²) in [5, 5.41) is 12.2. The van der Waals surface area contributed by atoms with Gasteiger partial charge in [-0.15, -0.1) is 0 Å². The maximum atomic E-state index is 9.22. The molecule has 4 aromatic heterocycles. The fourth-order valence-electron chi connectivity index (χ4n) is 4.80. The molecule has 8 rings (SSSR count). The molecule has 0 atom stereocenters. The van der Waals surface area contributed by atoms with E-state index in [1.165, 1.54) is 5.39 Å². The van der Waals surface area contributed by atoms with Crippen molar-refractivity contribution in [3.8, 4) is 5.75 Å². The molecule has 0 unspecified atom stereocenters. The monoisotopic (exact) mass is 746 g/mol. The predicted octanol–water partition coefficient (Wildman–Crippen LogP) is 7.57. The van der Waals surface area contributed by atoms with Crippen molar-refractivity contribution in [2.75, 3.05) is 36.0 Å². The van der Waals surface area contributed by atoms with E-state index < -0.39 is 0 Å². The van der Waals surface area contributed by atoms with E-state index in [9.17, 15) is 5.11 Å². The van der Waals surface area contributed by atoms with Gasteiger partial charge in [0.05, 0.1) is 44.2 Å². The number of rotatable bonds is 4. The Balaban J connectivity index is 0.000000134. The molecule has 0 spiro atoms. The minimum Gasteiger partial charge on any atom is -0.485 e. The van der Waals surface area contributed by atoms with E-state index in [0.29, 0.717) is 18.1 Å². The van der Waals surface area contributed by atoms with Crippen LogP contribution in [0.15, 0.2) is 119 Å². The first kappa shape index (κ1) is 31.2. The highest BCUT2D eigenvalue weighted by Gasteiger charge is 2.30. The minimum absolute atomic E-state index is 0.182. The number of nitrogens with zero attached hydrogens (tertiary/aromatic N) is 6. The first-order valence-electron chi connectivity index (χ1n) is 14.3. The minimum atomic E-state index is -0.182. The SMILES string of the molecule is Brc1cnccc1OC1CN(c2ccc3ccccc3n2)C1.Clc1ccncc1Br.OC1CN(c2ccc3ccccc3n2)C1. The van der Waals surface area contributed by atoms with Crippen LogP contribution >= 0.6 is 43.5 Å². The molecule has 8 nitrogen and oxygen atoms in total. The van der Waals surface area contributed by atoms with E-state index in [1.807, 2.05) is 48.5 Å². The number of halogens is 3. The Morgan fingerprint density at radius 1 is 0.667 bits per heavy atom. The zero-order chi connectivity index (χ0) is 31.2. The number of aliphatic hydroxyl groups excluding tert-OH is 1. The van der Waals surface area contributed by atoms with Crippen LogP contribution in [0.2, 0.25) is 5.02 Å². The van der Waals surface area contributed by atoms with Gasteiger partial charge in [0.25, 0.3) is 0 Å². The van der Waals surface area contributed by atoms with Gasteiger partial charge in [-0.25, -0.2) is 9.97 Å². The normalized spacial score (nSPS) is 14.5. The molecule has 2 aliphatic rings. The summed E-state index contributed by atoms with van der Waals surface area (Å²) in [4.78, 5) is 21.4. The Labute approximate surface area is 283 Å². The molecule has 0 bridgehead atoms. The third-order valence-electron chi connectivity index (χ3n) is 7.28. The van der Waals surface area contributed by atoms with Crippen LogP contribution in [0, 0.1) is 0 Å². The molecule has 2 fully saturated rings. The molecule has 11 heteroatoms. The van der Waals surface area contributed by atoms with Gasteiger partial charge in [-0.05, 0) is 80.4 Å². The highest BCUT2D eigenvalue weighted by atomic mass is 79.9. The number of para-hydroxylation sites is 2. The number of hydrogen-bond acceptors (Lipinski definition) is 8. The summed E-state index contributed by atoms with van der Waals surface area (Å²) in [5.74, 6) is 2.80. The van der Waals surface area contributed by atoms with Crippen LogP contribution < -0.4 is 14.5 Å². The third-order valence-corrected chi connectivity index (χ3v) is 9.06. The summed E-state index contributed by atoms with van der Waals surface area (Å²) >= 11 is 12.3. The molecule has 45 heavy (non-hydrogen) atoms. The quantitative estimate of drug-likeness (QED) is 0.198. The van der Waals surface area contributed by atoms with Crippen LogP contribution in [-0.4, -0.2) is 63.4 Å². The molecule has 2 saturated heterocycles.